The van der Waals surface area contributed by atoms with Crippen LogP contribution in [-0.2, 0) is 12.8 Å². The molecule has 0 unspecified atom stereocenters. The lowest BCUT2D eigenvalue weighted by Gasteiger charge is -2.28. The molecule has 0 radical (unpaired) electrons. The van der Waals surface area contributed by atoms with E-state index < -0.39 is 5.97 Å². The standard InChI is InChI=1S/C12H16O3/c1-7-10(11(13)14)8-6-12(2,3)5-4-9(8)15-7/h4-6H2,1-3H3,(H,13,14). The number of fused-ring (bicyclic) bond motifs is 1. The summed E-state index contributed by atoms with van der Waals surface area (Å²) < 4.78 is 5.51. The third-order valence-electron chi connectivity index (χ3n) is 3.16. The van der Waals surface area contributed by atoms with Crippen LogP contribution in [0.5, 0.6) is 0 Å². The van der Waals surface area contributed by atoms with E-state index in [9.17, 15) is 4.79 Å². The minimum atomic E-state index is -0.866. The second-order valence-corrected chi connectivity index (χ2v) is 5.08. The average Bonchev–Trinajstić information content (AvgIpc) is 2.38. The van der Waals surface area contributed by atoms with Crippen LogP contribution in [0.1, 0.15) is 47.7 Å². The Bertz CT molecular complexity index is 413. The summed E-state index contributed by atoms with van der Waals surface area (Å²) >= 11 is 0. The van der Waals surface area contributed by atoms with Crippen molar-refractivity contribution in [3.05, 3.63) is 22.6 Å². The highest BCUT2D eigenvalue weighted by molar-refractivity contribution is 5.91. The smallest absolute Gasteiger partial charge is 0.339 e. The van der Waals surface area contributed by atoms with Crippen molar-refractivity contribution in [1.82, 2.24) is 0 Å². The Hall–Kier alpha value is -1.25. The van der Waals surface area contributed by atoms with Crippen molar-refractivity contribution in [2.45, 2.75) is 40.0 Å². The van der Waals surface area contributed by atoms with Crippen LogP contribution < -0.4 is 0 Å². The van der Waals surface area contributed by atoms with E-state index >= 15 is 0 Å². The second kappa shape index (κ2) is 3.12. The van der Waals surface area contributed by atoms with Gasteiger partial charge in [0.05, 0.1) is 0 Å². The molecular weight excluding hydrogens is 192 g/mol. The molecule has 0 aromatic carbocycles. The van der Waals surface area contributed by atoms with Crippen LogP contribution >= 0.6 is 0 Å². The first-order valence-electron chi connectivity index (χ1n) is 5.25. The molecule has 0 saturated carbocycles. The van der Waals surface area contributed by atoms with Gasteiger partial charge in [0.25, 0.3) is 0 Å². The quantitative estimate of drug-likeness (QED) is 0.772. The van der Waals surface area contributed by atoms with Gasteiger partial charge in [0.1, 0.15) is 17.1 Å². The number of rotatable bonds is 1. The van der Waals surface area contributed by atoms with Gasteiger partial charge in [0.15, 0.2) is 0 Å². The van der Waals surface area contributed by atoms with Gasteiger partial charge in [0, 0.05) is 12.0 Å². The minimum Gasteiger partial charge on any atom is -0.478 e. The van der Waals surface area contributed by atoms with Gasteiger partial charge in [-0.25, -0.2) is 4.79 Å². The fourth-order valence-electron chi connectivity index (χ4n) is 2.34. The monoisotopic (exact) mass is 208 g/mol. The summed E-state index contributed by atoms with van der Waals surface area (Å²) in [6, 6.07) is 0. The van der Waals surface area contributed by atoms with Crippen molar-refractivity contribution in [3.8, 4) is 0 Å². The van der Waals surface area contributed by atoms with Crippen molar-refractivity contribution in [2.75, 3.05) is 0 Å². The lowest BCUT2D eigenvalue weighted by atomic mass is 9.76. The highest BCUT2D eigenvalue weighted by Gasteiger charge is 2.32. The molecule has 0 amide bonds. The van der Waals surface area contributed by atoms with E-state index in [-0.39, 0.29) is 5.41 Å². The SMILES string of the molecule is Cc1oc2c(c1C(=O)O)CC(C)(C)CC2. The summed E-state index contributed by atoms with van der Waals surface area (Å²) in [5, 5.41) is 9.12. The maximum Gasteiger partial charge on any atom is 0.339 e. The molecule has 3 nitrogen and oxygen atoms in total. The highest BCUT2D eigenvalue weighted by atomic mass is 16.4. The van der Waals surface area contributed by atoms with Crippen LogP contribution in [0.4, 0.5) is 0 Å². The number of carboxylic acid groups (broad SMARTS) is 1. The summed E-state index contributed by atoms with van der Waals surface area (Å²) in [5.41, 5.74) is 1.49. The molecule has 1 aromatic rings. The van der Waals surface area contributed by atoms with E-state index in [0.29, 0.717) is 11.3 Å². The largest absolute Gasteiger partial charge is 0.478 e. The average molecular weight is 208 g/mol. The predicted octanol–water partition coefficient (Wildman–Crippen LogP) is 2.80. The van der Waals surface area contributed by atoms with Gasteiger partial charge < -0.3 is 9.52 Å². The molecule has 82 valence electrons. The fraction of sp³-hybridized carbons (Fsp3) is 0.583. The molecule has 1 heterocycles. The molecule has 2 rings (SSSR count). The number of hydrogen-bond acceptors (Lipinski definition) is 2. The van der Waals surface area contributed by atoms with Crippen LogP contribution in [0.2, 0.25) is 0 Å². The molecule has 15 heavy (non-hydrogen) atoms. The van der Waals surface area contributed by atoms with Crippen LogP contribution in [0.15, 0.2) is 4.42 Å². The van der Waals surface area contributed by atoms with E-state index in [2.05, 4.69) is 13.8 Å². The summed E-state index contributed by atoms with van der Waals surface area (Å²) in [5.74, 6) is 0.560. The Balaban J connectivity index is 2.51. The number of carbonyl (C=O) groups is 1. The molecule has 0 spiro atoms. The van der Waals surface area contributed by atoms with Gasteiger partial charge in [-0.15, -0.1) is 0 Å². The van der Waals surface area contributed by atoms with E-state index in [1.165, 1.54) is 0 Å². The minimum absolute atomic E-state index is 0.188. The summed E-state index contributed by atoms with van der Waals surface area (Å²) in [6.45, 7) is 6.07. The van der Waals surface area contributed by atoms with Crippen LogP contribution in [-0.4, -0.2) is 11.1 Å². The molecule has 0 atom stereocenters. The first-order valence-corrected chi connectivity index (χ1v) is 5.25. The highest BCUT2D eigenvalue weighted by Crippen LogP contribution is 2.38. The van der Waals surface area contributed by atoms with Crippen molar-refractivity contribution in [1.29, 1.82) is 0 Å². The van der Waals surface area contributed by atoms with Crippen LogP contribution in [0.3, 0.4) is 0 Å². The number of aromatic carboxylic acids is 1. The van der Waals surface area contributed by atoms with Crippen molar-refractivity contribution >= 4 is 5.97 Å². The third kappa shape index (κ3) is 1.66. The van der Waals surface area contributed by atoms with Gasteiger partial charge in [0.2, 0.25) is 0 Å². The van der Waals surface area contributed by atoms with Crippen molar-refractivity contribution in [3.63, 3.8) is 0 Å². The molecule has 3 heteroatoms. The molecule has 1 aliphatic carbocycles. The molecule has 0 aliphatic heterocycles. The van der Waals surface area contributed by atoms with Crippen molar-refractivity contribution in [2.24, 2.45) is 5.41 Å². The normalized spacial score (nSPS) is 18.6. The topological polar surface area (TPSA) is 50.4 Å². The van der Waals surface area contributed by atoms with Gasteiger partial charge in [-0.3, -0.25) is 0 Å². The summed E-state index contributed by atoms with van der Waals surface area (Å²) in [4.78, 5) is 11.1. The van der Waals surface area contributed by atoms with Crippen LogP contribution in [0.25, 0.3) is 0 Å². The van der Waals surface area contributed by atoms with Crippen LogP contribution in [0, 0.1) is 12.3 Å². The Morgan fingerprint density at radius 3 is 2.73 bits per heavy atom. The number of furan rings is 1. The Labute approximate surface area is 89.1 Å². The molecule has 0 saturated heterocycles. The van der Waals surface area contributed by atoms with E-state index in [1.54, 1.807) is 6.92 Å². The molecular formula is C12H16O3. The lowest BCUT2D eigenvalue weighted by molar-refractivity contribution is 0.0693. The molecule has 1 aliphatic rings. The first-order chi connectivity index (χ1) is 6.91. The van der Waals surface area contributed by atoms with Crippen molar-refractivity contribution < 1.29 is 14.3 Å². The Morgan fingerprint density at radius 2 is 2.13 bits per heavy atom. The van der Waals surface area contributed by atoms with E-state index in [1.807, 2.05) is 0 Å². The Morgan fingerprint density at radius 1 is 1.47 bits per heavy atom. The summed E-state index contributed by atoms with van der Waals surface area (Å²) in [7, 11) is 0. The predicted molar refractivity (Wildman–Crippen MR) is 56.2 cm³/mol. The molecule has 0 bridgehead atoms. The lowest BCUT2D eigenvalue weighted by Crippen LogP contribution is -2.22. The first kappa shape index (κ1) is 10.3. The molecule has 0 fully saturated rings. The second-order valence-electron chi connectivity index (χ2n) is 5.08. The number of hydrogen-bond donors (Lipinski definition) is 1. The number of carboxylic acids is 1. The van der Waals surface area contributed by atoms with E-state index in [4.69, 9.17) is 9.52 Å². The summed E-state index contributed by atoms with van der Waals surface area (Å²) in [6.07, 6.45) is 2.73. The molecule has 1 N–H and O–H groups in total. The van der Waals surface area contributed by atoms with Gasteiger partial charge in [-0.2, -0.15) is 0 Å². The third-order valence-corrected chi connectivity index (χ3v) is 3.16. The van der Waals surface area contributed by atoms with E-state index in [0.717, 1.165) is 30.6 Å². The zero-order valence-electron chi connectivity index (χ0n) is 9.39. The maximum absolute atomic E-state index is 11.1. The maximum atomic E-state index is 11.1. The van der Waals surface area contributed by atoms with Gasteiger partial charge in [-0.1, -0.05) is 13.8 Å². The van der Waals surface area contributed by atoms with Gasteiger partial charge in [-0.05, 0) is 25.2 Å². The fourth-order valence-corrected chi connectivity index (χ4v) is 2.34. The zero-order chi connectivity index (χ0) is 11.2. The number of aryl methyl sites for hydroxylation is 2. The Kier molecular flexibility index (Phi) is 2.14. The van der Waals surface area contributed by atoms with Gasteiger partial charge >= 0.3 is 5.97 Å². The molecule has 1 aromatic heterocycles. The zero-order valence-corrected chi connectivity index (χ0v) is 9.39.